The molecule has 0 amide bonds. The van der Waals surface area contributed by atoms with Crippen molar-refractivity contribution < 1.29 is 9.13 Å². The minimum absolute atomic E-state index is 0.122. The fourth-order valence-electron chi connectivity index (χ4n) is 5.16. The fourth-order valence-corrected chi connectivity index (χ4v) is 5.16. The van der Waals surface area contributed by atoms with Gasteiger partial charge in [0.15, 0.2) is 5.82 Å². The van der Waals surface area contributed by atoms with E-state index in [0.717, 1.165) is 36.6 Å². The lowest BCUT2D eigenvalue weighted by Crippen LogP contribution is -2.12. The van der Waals surface area contributed by atoms with Crippen LogP contribution in [-0.4, -0.2) is 22.7 Å². The van der Waals surface area contributed by atoms with Crippen LogP contribution < -0.4 is 4.74 Å². The smallest absolute Gasteiger partial charge is 0.159 e. The van der Waals surface area contributed by atoms with Gasteiger partial charge in [-0.15, -0.1) is 0 Å². The van der Waals surface area contributed by atoms with E-state index in [0.29, 0.717) is 12.2 Å². The predicted octanol–water partition coefficient (Wildman–Crippen LogP) is 9.29. The van der Waals surface area contributed by atoms with Crippen LogP contribution in [0.5, 0.6) is 5.75 Å². The van der Waals surface area contributed by atoms with E-state index in [9.17, 15) is 4.39 Å². The summed E-state index contributed by atoms with van der Waals surface area (Å²) in [6, 6.07) is 7.66. The van der Waals surface area contributed by atoms with Crippen LogP contribution in [0.3, 0.4) is 0 Å². The maximum Gasteiger partial charge on any atom is 0.159 e. The van der Waals surface area contributed by atoms with Gasteiger partial charge in [0.2, 0.25) is 0 Å². The lowest BCUT2D eigenvalue weighted by molar-refractivity contribution is 0.184. The highest BCUT2D eigenvalue weighted by Crippen LogP contribution is 2.29. The monoisotopic (exact) mass is 482 g/mol. The summed E-state index contributed by atoms with van der Waals surface area (Å²) >= 11 is 0. The summed E-state index contributed by atoms with van der Waals surface area (Å²) in [5.41, 5.74) is 2.17. The van der Waals surface area contributed by atoms with Crippen molar-refractivity contribution in [1.29, 1.82) is 0 Å². The summed E-state index contributed by atoms with van der Waals surface area (Å²) in [4.78, 5) is 9.13. The third kappa shape index (κ3) is 11.1. The van der Waals surface area contributed by atoms with Gasteiger partial charge in [-0.05, 0) is 55.0 Å². The van der Waals surface area contributed by atoms with Gasteiger partial charge in [-0.3, -0.25) is 0 Å². The quantitative estimate of drug-likeness (QED) is 0.199. The Balaban J connectivity index is 1.27. The number of unbranched alkanes of at least 4 members (excludes halogenated alkanes) is 8. The van der Waals surface area contributed by atoms with E-state index >= 15 is 0 Å². The molecule has 1 aromatic heterocycles. The highest BCUT2D eigenvalue weighted by molar-refractivity contribution is 5.55. The van der Waals surface area contributed by atoms with Crippen LogP contribution in [0.15, 0.2) is 36.7 Å². The van der Waals surface area contributed by atoms with Crippen LogP contribution in [0.1, 0.15) is 115 Å². The van der Waals surface area contributed by atoms with E-state index < -0.39 is 6.17 Å². The molecule has 0 spiro atoms. The molecule has 1 saturated carbocycles. The molecule has 1 heterocycles. The maximum atomic E-state index is 14.0. The Morgan fingerprint density at radius 1 is 0.857 bits per heavy atom. The van der Waals surface area contributed by atoms with Crippen molar-refractivity contribution >= 4 is 0 Å². The Morgan fingerprint density at radius 3 is 2.23 bits per heavy atom. The maximum absolute atomic E-state index is 14.0. The van der Waals surface area contributed by atoms with Crippen molar-refractivity contribution in [2.45, 2.75) is 122 Å². The fraction of sp³-hybridized carbons (Fsp3) is 0.677. The van der Waals surface area contributed by atoms with E-state index in [2.05, 4.69) is 16.9 Å². The van der Waals surface area contributed by atoms with Crippen molar-refractivity contribution in [2.75, 3.05) is 6.61 Å². The molecular formula is C31H47FN2O. The number of alkyl halides is 1. The van der Waals surface area contributed by atoms with Gasteiger partial charge in [-0.25, -0.2) is 14.4 Å². The molecule has 0 saturated heterocycles. The molecule has 0 N–H and O–H groups in total. The molecule has 4 heteroatoms. The molecule has 194 valence electrons. The van der Waals surface area contributed by atoms with Crippen molar-refractivity contribution in [1.82, 2.24) is 9.97 Å². The first-order valence-corrected chi connectivity index (χ1v) is 14.4. The molecule has 3 nitrogen and oxygen atoms in total. The molecule has 1 fully saturated rings. The summed E-state index contributed by atoms with van der Waals surface area (Å²) in [7, 11) is 0. The Bertz CT molecular complexity index is 787. The largest absolute Gasteiger partial charge is 0.491 e. The predicted molar refractivity (Wildman–Crippen MR) is 145 cm³/mol. The first kappa shape index (κ1) is 27.6. The number of benzene rings is 1. The minimum Gasteiger partial charge on any atom is -0.491 e. The number of hydrogen-bond donors (Lipinski definition) is 0. The van der Waals surface area contributed by atoms with Gasteiger partial charge in [-0.1, -0.05) is 96.8 Å². The summed E-state index contributed by atoms with van der Waals surface area (Å²) in [5, 5.41) is 0. The van der Waals surface area contributed by atoms with Gasteiger partial charge < -0.3 is 4.74 Å². The Morgan fingerprint density at radius 2 is 1.51 bits per heavy atom. The van der Waals surface area contributed by atoms with Crippen LogP contribution in [0.4, 0.5) is 4.39 Å². The number of nitrogens with zero attached hydrogens (tertiary/aromatic N) is 2. The third-order valence-corrected chi connectivity index (χ3v) is 7.42. The molecule has 1 aliphatic rings. The lowest BCUT2D eigenvalue weighted by Gasteiger charge is -2.11. The summed E-state index contributed by atoms with van der Waals surface area (Å²) in [6.45, 7) is 2.29. The topological polar surface area (TPSA) is 35.0 Å². The average molecular weight is 483 g/mol. The molecule has 1 unspecified atom stereocenters. The van der Waals surface area contributed by atoms with Crippen molar-refractivity contribution in [3.8, 4) is 17.1 Å². The van der Waals surface area contributed by atoms with Crippen molar-refractivity contribution in [2.24, 2.45) is 5.92 Å². The molecule has 1 aromatic carbocycles. The van der Waals surface area contributed by atoms with E-state index in [1.165, 1.54) is 89.0 Å². The van der Waals surface area contributed by atoms with Gasteiger partial charge in [0.05, 0.1) is 0 Å². The van der Waals surface area contributed by atoms with Gasteiger partial charge in [0.25, 0.3) is 0 Å². The van der Waals surface area contributed by atoms with Crippen LogP contribution in [0, 0.1) is 5.92 Å². The molecule has 0 radical (unpaired) electrons. The number of rotatable bonds is 18. The SMILES string of the molecule is CCCCCCC(F)COc1ccc(-c2ncc(CCCCCCCCC3CCCC3)cn2)cc1. The Kier molecular flexibility index (Phi) is 13.1. The first-order valence-electron chi connectivity index (χ1n) is 14.4. The van der Waals surface area contributed by atoms with Crippen LogP contribution in [-0.2, 0) is 6.42 Å². The molecule has 0 bridgehead atoms. The highest BCUT2D eigenvalue weighted by Gasteiger charge is 2.13. The van der Waals surface area contributed by atoms with Gasteiger partial charge >= 0.3 is 0 Å². The normalized spacial score (nSPS) is 14.9. The first-order chi connectivity index (χ1) is 17.2. The Labute approximate surface area is 213 Å². The molecule has 3 rings (SSSR count). The zero-order valence-corrected chi connectivity index (χ0v) is 22.0. The van der Waals surface area contributed by atoms with E-state index in [1.54, 1.807) is 0 Å². The standard InChI is InChI=1S/C31H47FN2O/c1-2-3-4-11-18-29(32)25-35-30-21-19-28(20-22-30)31-33-23-27(24-34-31)17-10-8-6-5-7-9-14-26-15-12-13-16-26/h19-24,26,29H,2-18,25H2,1H3. The molecule has 2 aromatic rings. The van der Waals surface area contributed by atoms with Crippen molar-refractivity contribution in [3.05, 3.63) is 42.2 Å². The minimum atomic E-state index is -0.899. The van der Waals surface area contributed by atoms with E-state index in [4.69, 9.17) is 4.74 Å². The van der Waals surface area contributed by atoms with Crippen LogP contribution >= 0.6 is 0 Å². The summed E-state index contributed by atoms with van der Waals surface area (Å²) in [5.74, 6) is 2.46. The van der Waals surface area contributed by atoms with Gasteiger partial charge in [-0.2, -0.15) is 0 Å². The number of hydrogen-bond acceptors (Lipinski definition) is 3. The number of halogens is 1. The zero-order valence-electron chi connectivity index (χ0n) is 22.0. The average Bonchev–Trinajstić information content (AvgIpc) is 3.41. The molecule has 1 aliphatic carbocycles. The highest BCUT2D eigenvalue weighted by atomic mass is 19.1. The lowest BCUT2D eigenvalue weighted by atomic mass is 9.99. The van der Waals surface area contributed by atoms with E-state index in [-0.39, 0.29) is 6.61 Å². The number of aromatic nitrogens is 2. The van der Waals surface area contributed by atoms with Crippen LogP contribution in [0.25, 0.3) is 11.4 Å². The number of ether oxygens (including phenoxy) is 1. The summed E-state index contributed by atoms with van der Waals surface area (Å²) in [6.07, 6.45) is 24.5. The second-order valence-corrected chi connectivity index (χ2v) is 10.5. The molecule has 1 atom stereocenters. The second-order valence-electron chi connectivity index (χ2n) is 10.5. The number of aryl methyl sites for hydroxylation is 1. The van der Waals surface area contributed by atoms with Crippen molar-refractivity contribution in [3.63, 3.8) is 0 Å². The van der Waals surface area contributed by atoms with Crippen LogP contribution in [0.2, 0.25) is 0 Å². The second kappa shape index (κ2) is 16.7. The van der Waals surface area contributed by atoms with E-state index in [1.807, 2.05) is 36.7 Å². The zero-order chi connectivity index (χ0) is 24.6. The molecule has 0 aliphatic heterocycles. The summed E-state index contributed by atoms with van der Waals surface area (Å²) < 4.78 is 19.6. The molecular weight excluding hydrogens is 435 g/mol. The van der Waals surface area contributed by atoms with Gasteiger partial charge in [0.1, 0.15) is 18.5 Å². The van der Waals surface area contributed by atoms with Gasteiger partial charge in [0, 0.05) is 18.0 Å². The molecule has 35 heavy (non-hydrogen) atoms. The third-order valence-electron chi connectivity index (χ3n) is 7.42. The Hall–Kier alpha value is -1.97.